The SMILES string of the molecule is COCCN(CCO)c1ncnc2ccsc12. The molecule has 2 aromatic heterocycles. The lowest BCUT2D eigenvalue weighted by molar-refractivity contribution is 0.202. The van der Waals surface area contributed by atoms with Gasteiger partial charge < -0.3 is 14.7 Å². The molecule has 0 radical (unpaired) electrons. The topological polar surface area (TPSA) is 58.5 Å². The minimum Gasteiger partial charge on any atom is -0.395 e. The number of aliphatic hydroxyl groups is 1. The van der Waals surface area contributed by atoms with Gasteiger partial charge in [0, 0.05) is 20.2 Å². The van der Waals surface area contributed by atoms with Crippen LogP contribution in [-0.4, -0.2) is 48.5 Å². The number of thiophene rings is 1. The lowest BCUT2D eigenvalue weighted by Crippen LogP contribution is -2.31. The number of methoxy groups -OCH3 is 1. The van der Waals surface area contributed by atoms with Gasteiger partial charge in [0.25, 0.3) is 0 Å². The Bertz CT molecular complexity index is 474. The summed E-state index contributed by atoms with van der Waals surface area (Å²) in [6.45, 7) is 1.96. The summed E-state index contributed by atoms with van der Waals surface area (Å²) in [5, 5.41) is 11.1. The highest BCUT2D eigenvalue weighted by atomic mass is 32.1. The molecule has 2 aromatic rings. The van der Waals surface area contributed by atoms with Gasteiger partial charge in [-0.15, -0.1) is 11.3 Å². The Morgan fingerprint density at radius 1 is 1.41 bits per heavy atom. The molecule has 2 heterocycles. The number of aliphatic hydroxyl groups excluding tert-OH is 1. The van der Waals surface area contributed by atoms with Crippen molar-refractivity contribution >= 4 is 27.4 Å². The van der Waals surface area contributed by atoms with Gasteiger partial charge in [0.1, 0.15) is 12.1 Å². The summed E-state index contributed by atoms with van der Waals surface area (Å²) in [4.78, 5) is 10.5. The standard InChI is InChI=1S/C11H15N3O2S/c1-16-6-4-14(3-5-15)11-10-9(2-7-17-10)12-8-13-11/h2,7-8,15H,3-6H2,1H3. The lowest BCUT2D eigenvalue weighted by atomic mass is 10.4. The molecule has 0 amide bonds. The highest BCUT2D eigenvalue weighted by molar-refractivity contribution is 7.17. The van der Waals surface area contributed by atoms with E-state index < -0.39 is 0 Å². The molecule has 0 aliphatic carbocycles. The number of fused-ring (bicyclic) bond motifs is 1. The van der Waals surface area contributed by atoms with Gasteiger partial charge in [0.2, 0.25) is 0 Å². The van der Waals surface area contributed by atoms with E-state index in [1.54, 1.807) is 24.8 Å². The van der Waals surface area contributed by atoms with E-state index in [2.05, 4.69) is 9.97 Å². The van der Waals surface area contributed by atoms with E-state index in [4.69, 9.17) is 9.84 Å². The summed E-state index contributed by atoms with van der Waals surface area (Å²) in [5.74, 6) is 0.871. The summed E-state index contributed by atoms with van der Waals surface area (Å²) >= 11 is 1.61. The minimum atomic E-state index is 0.0978. The summed E-state index contributed by atoms with van der Waals surface area (Å²) in [5.41, 5.74) is 0.945. The molecule has 0 atom stereocenters. The van der Waals surface area contributed by atoms with Crippen LogP contribution in [0.1, 0.15) is 0 Å². The molecule has 0 bridgehead atoms. The summed E-state index contributed by atoms with van der Waals surface area (Å²) in [7, 11) is 1.66. The molecule has 17 heavy (non-hydrogen) atoms. The van der Waals surface area contributed by atoms with E-state index >= 15 is 0 Å². The van der Waals surface area contributed by atoms with Crippen LogP contribution in [0.3, 0.4) is 0 Å². The fraction of sp³-hybridized carbons (Fsp3) is 0.455. The van der Waals surface area contributed by atoms with Crippen molar-refractivity contribution in [3.05, 3.63) is 17.8 Å². The maximum absolute atomic E-state index is 9.10. The molecule has 0 unspecified atom stereocenters. The zero-order valence-electron chi connectivity index (χ0n) is 9.67. The first-order valence-corrected chi connectivity index (χ1v) is 6.27. The van der Waals surface area contributed by atoms with Crippen molar-refractivity contribution in [1.82, 2.24) is 9.97 Å². The van der Waals surface area contributed by atoms with E-state index in [1.807, 2.05) is 16.3 Å². The van der Waals surface area contributed by atoms with E-state index in [1.165, 1.54) is 0 Å². The Labute approximate surface area is 104 Å². The minimum absolute atomic E-state index is 0.0978. The molecule has 0 saturated carbocycles. The Morgan fingerprint density at radius 2 is 2.29 bits per heavy atom. The molecule has 2 rings (SSSR count). The third-order valence-corrected chi connectivity index (χ3v) is 3.36. The van der Waals surface area contributed by atoms with Gasteiger partial charge in [-0.3, -0.25) is 0 Å². The van der Waals surface area contributed by atoms with Crippen LogP contribution in [0.25, 0.3) is 10.2 Å². The second kappa shape index (κ2) is 5.90. The zero-order chi connectivity index (χ0) is 12.1. The van der Waals surface area contributed by atoms with Crippen LogP contribution in [0.5, 0.6) is 0 Å². The van der Waals surface area contributed by atoms with E-state index in [-0.39, 0.29) is 6.61 Å². The van der Waals surface area contributed by atoms with E-state index in [0.29, 0.717) is 19.7 Å². The number of aromatic nitrogens is 2. The highest BCUT2D eigenvalue weighted by Crippen LogP contribution is 2.27. The molecule has 0 aliphatic heterocycles. The Hall–Kier alpha value is -1.24. The van der Waals surface area contributed by atoms with Gasteiger partial charge >= 0.3 is 0 Å². The van der Waals surface area contributed by atoms with Crippen molar-refractivity contribution in [2.24, 2.45) is 0 Å². The average Bonchev–Trinajstić information content (AvgIpc) is 2.82. The third kappa shape index (κ3) is 2.71. The van der Waals surface area contributed by atoms with Crippen LogP contribution in [0.4, 0.5) is 5.82 Å². The van der Waals surface area contributed by atoms with Crippen molar-refractivity contribution in [2.75, 3.05) is 38.3 Å². The van der Waals surface area contributed by atoms with Crippen LogP contribution in [0.2, 0.25) is 0 Å². The Kier molecular flexibility index (Phi) is 4.24. The molecule has 0 aromatic carbocycles. The maximum Gasteiger partial charge on any atom is 0.150 e. The lowest BCUT2D eigenvalue weighted by Gasteiger charge is -2.22. The van der Waals surface area contributed by atoms with Gasteiger partial charge in [-0.25, -0.2) is 9.97 Å². The quantitative estimate of drug-likeness (QED) is 0.836. The summed E-state index contributed by atoms with van der Waals surface area (Å²) in [6, 6.07) is 1.97. The molecule has 0 spiro atoms. The van der Waals surface area contributed by atoms with Crippen molar-refractivity contribution in [2.45, 2.75) is 0 Å². The molecule has 6 heteroatoms. The zero-order valence-corrected chi connectivity index (χ0v) is 10.5. The molecule has 1 N–H and O–H groups in total. The number of ether oxygens (including phenoxy) is 1. The molecule has 0 aliphatic rings. The predicted octanol–water partition coefficient (Wildman–Crippen LogP) is 1.14. The Morgan fingerprint density at radius 3 is 3.06 bits per heavy atom. The van der Waals surface area contributed by atoms with Crippen LogP contribution < -0.4 is 4.90 Å². The first kappa shape index (κ1) is 12.2. The number of hydrogen-bond donors (Lipinski definition) is 1. The van der Waals surface area contributed by atoms with Crippen LogP contribution in [0, 0.1) is 0 Å². The largest absolute Gasteiger partial charge is 0.395 e. The molecule has 0 fully saturated rings. The fourth-order valence-electron chi connectivity index (χ4n) is 1.65. The van der Waals surface area contributed by atoms with Crippen LogP contribution >= 0.6 is 11.3 Å². The molecule has 0 saturated heterocycles. The molecule has 92 valence electrons. The molecular formula is C11H15N3O2S. The van der Waals surface area contributed by atoms with Crippen molar-refractivity contribution in [1.29, 1.82) is 0 Å². The van der Waals surface area contributed by atoms with E-state index in [0.717, 1.165) is 16.0 Å². The highest BCUT2D eigenvalue weighted by Gasteiger charge is 2.12. The second-order valence-corrected chi connectivity index (χ2v) is 4.45. The number of anilines is 1. The number of hydrogen-bond acceptors (Lipinski definition) is 6. The van der Waals surface area contributed by atoms with Gasteiger partial charge in [-0.05, 0) is 11.4 Å². The fourth-order valence-corrected chi connectivity index (χ4v) is 2.51. The van der Waals surface area contributed by atoms with Gasteiger partial charge in [-0.2, -0.15) is 0 Å². The summed E-state index contributed by atoms with van der Waals surface area (Å²) < 4.78 is 6.12. The molecule has 5 nitrogen and oxygen atoms in total. The normalized spacial score (nSPS) is 10.9. The van der Waals surface area contributed by atoms with E-state index in [9.17, 15) is 0 Å². The first-order valence-electron chi connectivity index (χ1n) is 5.39. The van der Waals surface area contributed by atoms with Crippen molar-refractivity contribution < 1.29 is 9.84 Å². The van der Waals surface area contributed by atoms with Gasteiger partial charge in [0.15, 0.2) is 0 Å². The third-order valence-electron chi connectivity index (χ3n) is 2.46. The molecular weight excluding hydrogens is 238 g/mol. The predicted molar refractivity (Wildman–Crippen MR) is 68.6 cm³/mol. The number of rotatable bonds is 6. The maximum atomic E-state index is 9.10. The average molecular weight is 253 g/mol. The van der Waals surface area contributed by atoms with Crippen molar-refractivity contribution in [3.63, 3.8) is 0 Å². The number of nitrogens with zero attached hydrogens (tertiary/aromatic N) is 3. The van der Waals surface area contributed by atoms with Gasteiger partial charge in [-0.1, -0.05) is 0 Å². The van der Waals surface area contributed by atoms with Crippen molar-refractivity contribution in [3.8, 4) is 0 Å². The second-order valence-electron chi connectivity index (χ2n) is 3.54. The summed E-state index contributed by atoms with van der Waals surface area (Å²) in [6.07, 6.45) is 1.56. The monoisotopic (exact) mass is 253 g/mol. The Balaban J connectivity index is 2.30. The van der Waals surface area contributed by atoms with Gasteiger partial charge in [0.05, 0.1) is 23.4 Å². The van der Waals surface area contributed by atoms with Crippen LogP contribution in [-0.2, 0) is 4.74 Å². The smallest absolute Gasteiger partial charge is 0.150 e. The first-order chi connectivity index (χ1) is 8.36. The van der Waals surface area contributed by atoms with Crippen LogP contribution in [0.15, 0.2) is 17.8 Å².